The van der Waals surface area contributed by atoms with Crippen molar-refractivity contribution in [3.63, 3.8) is 0 Å². The minimum absolute atomic E-state index is 0.0724. The van der Waals surface area contributed by atoms with Crippen LogP contribution in [0.4, 0.5) is 0 Å². The predicted octanol–water partition coefficient (Wildman–Crippen LogP) is 3.36. The van der Waals surface area contributed by atoms with E-state index >= 15 is 0 Å². The van der Waals surface area contributed by atoms with Gasteiger partial charge < -0.3 is 4.74 Å². The lowest BCUT2D eigenvalue weighted by Gasteiger charge is -2.16. The average Bonchev–Trinajstić information content (AvgIpc) is 2.99. The van der Waals surface area contributed by atoms with Crippen LogP contribution in [0.2, 0.25) is 0 Å². The fraction of sp³-hybridized carbons (Fsp3) is 0.412. The monoisotopic (exact) mass is 313 g/mol. The molecule has 0 saturated heterocycles. The van der Waals surface area contributed by atoms with Crippen LogP contribution in [0.15, 0.2) is 23.4 Å². The van der Waals surface area contributed by atoms with E-state index in [9.17, 15) is 9.70 Å². The molecule has 1 amide bonds. The number of amides is 1. The van der Waals surface area contributed by atoms with Gasteiger partial charge in [-0.1, -0.05) is 32.0 Å². The molecule has 2 aromatic rings. The highest BCUT2D eigenvalue weighted by Crippen LogP contribution is 2.37. The van der Waals surface area contributed by atoms with Crippen molar-refractivity contribution in [3.8, 4) is 17.0 Å². The molecule has 0 fully saturated rings. The van der Waals surface area contributed by atoms with Crippen LogP contribution in [0.3, 0.4) is 0 Å². The number of hydrogen-bond acceptors (Lipinski definition) is 4. The molecule has 0 radical (unpaired) electrons. The molecular weight excluding hydrogens is 294 g/mol. The normalized spacial score (nSPS) is 13.3. The summed E-state index contributed by atoms with van der Waals surface area (Å²) < 4.78 is 7.37. The molecule has 0 N–H and O–H groups in total. The van der Waals surface area contributed by atoms with Gasteiger partial charge in [-0.15, -0.1) is 4.91 Å². The van der Waals surface area contributed by atoms with Crippen LogP contribution in [-0.2, 0) is 19.4 Å². The average molecular weight is 313 g/mol. The summed E-state index contributed by atoms with van der Waals surface area (Å²) in [5, 5.41) is 6.79. The molecule has 0 unspecified atom stereocenters. The van der Waals surface area contributed by atoms with E-state index in [1.165, 1.54) is 11.1 Å². The van der Waals surface area contributed by atoms with Crippen molar-refractivity contribution < 1.29 is 9.53 Å². The number of hydrogen-bond donors (Lipinski definition) is 0. The molecule has 0 atom stereocenters. The van der Waals surface area contributed by atoms with Crippen LogP contribution in [-0.4, -0.2) is 22.3 Å². The van der Waals surface area contributed by atoms with Crippen LogP contribution >= 0.6 is 0 Å². The Labute approximate surface area is 134 Å². The second-order valence-corrected chi connectivity index (χ2v) is 5.54. The summed E-state index contributed by atoms with van der Waals surface area (Å²) in [6, 6.07) is 6.06. The summed E-state index contributed by atoms with van der Waals surface area (Å²) in [5.74, 6) is -0.308. The SMILES string of the molecule is CCc1ccc(-c2c(C(=O)N=O)nn3c2OCCC3)cc1CC. The van der Waals surface area contributed by atoms with E-state index in [-0.39, 0.29) is 5.69 Å². The third kappa shape index (κ3) is 2.65. The zero-order chi connectivity index (χ0) is 16.4. The highest BCUT2D eigenvalue weighted by Gasteiger charge is 2.28. The van der Waals surface area contributed by atoms with E-state index in [4.69, 9.17) is 4.74 Å². The van der Waals surface area contributed by atoms with Gasteiger partial charge in [0.2, 0.25) is 5.88 Å². The number of benzene rings is 1. The topological polar surface area (TPSA) is 73.5 Å². The molecule has 1 aromatic heterocycles. The van der Waals surface area contributed by atoms with Gasteiger partial charge in [-0.3, -0.25) is 4.79 Å². The van der Waals surface area contributed by atoms with Crippen molar-refractivity contribution in [2.24, 2.45) is 5.18 Å². The number of rotatable bonds is 4. The Balaban J connectivity index is 2.20. The van der Waals surface area contributed by atoms with Gasteiger partial charge in [0.15, 0.2) is 5.69 Å². The number of nitrogens with zero attached hydrogens (tertiary/aromatic N) is 3. The zero-order valence-electron chi connectivity index (χ0n) is 13.3. The number of fused-ring (bicyclic) bond motifs is 1. The van der Waals surface area contributed by atoms with E-state index in [0.717, 1.165) is 24.8 Å². The Morgan fingerprint density at radius 3 is 2.78 bits per heavy atom. The predicted molar refractivity (Wildman–Crippen MR) is 86.7 cm³/mol. The highest BCUT2D eigenvalue weighted by atomic mass is 16.5. The molecule has 0 spiro atoms. The third-order valence-electron chi connectivity index (χ3n) is 4.20. The quantitative estimate of drug-likeness (QED) is 0.811. The van der Waals surface area contributed by atoms with Gasteiger partial charge in [-0.2, -0.15) is 5.10 Å². The summed E-state index contributed by atoms with van der Waals surface area (Å²) >= 11 is 0. The maximum Gasteiger partial charge on any atom is 0.337 e. The van der Waals surface area contributed by atoms with Crippen LogP contribution in [0, 0.1) is 4.91 Å². The first-order chi connectivity index (χ1) is 11.2. The molecular formula is C17H19N3O3. The lowest BCUT2D eigenvalue weighted by molar-refractivity contribution is 0.0995. The molecule has 6 nitrogen and oxygen atoms in total. The van der Waals surface area contributed by atoms with E-state index in [2.05, 4.69) is 36.3 Å². The van der Waals surface area contributed by atoms with Gasteiger partial charge in [-0.25, -0.2) is 4.68 Å². The minimum Gasteiger partial charge on any atom is -0.477 e. The second kappa shape index (κ2) is 6.32. The van der Waals surface area contributed by atoms with Crippen molar-refractivity contribution in [2.45, 2.75) is 39.7 Å². The standard InChI is InChI=1S/C17H19N3O3/c1-3-11-6-7-13(10-12(11)4-2)14-15(16(21)19-22)18-20-8-5-9-23-17(14)20/h6-7,10H,3-5,8-9H2,1-2H3. The van der Waals surface area contributed by atoms with E-state index in [1.54, 1.807) is 4.68 Å². The van der Waals surface area contributed by atoms with Crippen molar-refractivity contribution in [2.75, 3.05) is 6.61 Å². The first kappa shape index (κ1) is 15.4. The summed E-state index contributed by atoms with van der Waals surface area (Å²) in [6.45, 7) is 5.46. The number of aromatic nitrogens is 2. The largest absolute Gasteiger partial charge is 0.477 e. The van der Waals surface area contributed by atoms with Gasteiger partial charge in [0.1, 0.15) is 0 Å². The first-order valence-electron chi connectivity index (χ1n) is 7.93. The maximum absolute atomic E-state index is 11.9. The van der Waals surface area contributed by atoms with Crippen LogP contribution in [0.25, 0.3) is 11.1 Å². The molecule has 3 rings (SSSR count). The molecule has 0 aliphatic carbocycles. The molecule has 0 bridgehead atoms. The molecule has 120 valence electrons. The third-order valence-corrected chi connectivity index (χ3v) is 4.20. The number of nitroso groups, excluding NO2 is 1. The number of aryl methyl sites for hydroxylation is 3. The van der Waals surface area contributed by atoms with Crippen molar-refractivity contribution in [3.05, 3.63) is 39.9 Å². The fourth-order valence-electron chi connectivity index (χ4n) is 3.04. The molecule has 1 aliphatic rings. The molecule has 1 aliphatic heterocycles. The Morgan fingerprint density at radius 2 is 2.09 bits per heavy atom. The zero-order valence-corrected chi connectivity index (χ0v) is 13.3. The Hall–Kier alpha value is -2.50. The molecule has 6 heteroatoms. The maximum atomic E-state index is 11.9. The molecule has 1 aromatic carbocycles. The summed E-state index contributed by atoms with van der Waals surface area (Å²) in [6.07, 6.45) is 2.68. The highest BCUT2D eigenvalue weighted by molar-refractivity contribution is 6.01. The summed E-state index contributed by atoms with van der Waals surface area (Å²) in [5.41, 5.74) is 3.99. The second-order valence-electron chi connectivity index (χ2n) is 5.54. The van der Waals surface area contributed by atoms with Gasteiger partial charge in [-0.05, 0) is 29.5 Å². The van der Waals surface area contributed by atoms with Crippen molar-refractivity contribution >= 4 is 5.91 Å². The Morgan fingerprint density at radius 1 is 1.30 bits per heavy atom. The summed E-state index contributed by atoms with van der Waals surface area (Å²) in [4.78, 5) is 22.6. The minimum atomic E-state index is -0.858. The lowest BCUT2D eigenvalue weighted by Crippen LogP contribution is -2.15. The van der Waals surface area contributed by atoms with Crippen LogP contribution in [0.1, 0.15) is 41.9 Å². The van der Waals surface area contributed by atoms with Crippen molar-refractivity contribution in [1.29, 1.82) is 0 Å². The van der Waals surface area contributed by atoms with Crippen LogP contribution in [0.5, 0.6) is 5.88 Å². The smallest absolute Gasteiger partial charge is 0.337 e. The molecule has 23 heavy (non-hydrogen) atoms. The molecule has 0 saturated carbocycles. The van der Waals surface area contributed by atoms with E-state index in [0.29, 0.717) is 24.6 Å². The van der Waals surface area contributed by atoms with Gasteiger partial charge in [0.25, 0.3) is 0 Å². The van der Waals surface area contributed by atoms with E-state index < -0.39 is 5.91 Å². The Kier molecular flexibility index (Phi) is 4.23. The van der Waals surface area contributed by atoms with Crippen LogP contribution < -0.4 is 4.74 Å². The lowest BCUT2D eigenvalue weighted by atomic mass is 9.96. The van der Waals surface area contributed by atoms with Gasteiger partial charge in [0.05, 0.1) is 12.2 Å². The number of carbonyl (C=O) groups is 1. The Bertz CT molecular complexity index is 765. The summed E-state index contributed by atoms with van der Waals surface area (Å²) in [7, 11) is 0. The number of ether oxygens (including phenoxy) is 1. The number of carbonyl (C=O) groups excluding carboxylic acids is 1. The first-order valence-corrected chi connectivity index (χ1v) is 7.93. The van der Waals surface area contributed by atoms with E-state index in [1.807, 2.05) is 6.07 Å². The van der Waals surface area contributed by atoms with Crippen molar-refractivity contribution in [1.82, 2.24) is 9.78 Å². The van der Waals surface area contributed by atoms with Gasteiger partial charge in [0, 0.05) is 18.1 Å². The fourth-order valence-corrected chi connectivity index (χ4v) is 3.04. The van der Waals surface area contributed by atoms with Gasteiger partial charge >= 0.3 is 5.91 Å². The molecule has 2 heterocycles.